The van der Waals surface area contributed by atoms with Crippen molar-refractivity contribution in [2.45, 2.75) is 13.3 Å². The molecule has 0 saturated heterocycles. The molecule has 2 aromatic heterocycles. The van der Waals surface area contributed by atoms with Crippen LogP contribution < -0.4 is 0 Å². The van der Waals surface area contributed by atoms with Gasteiger partial charge in [0.25, 0.3) is 0 Å². The Kier molecular flexibility index (Phi) is 2.04. The van der Waals surface area contributed by atoms with Crippen LogP contribution in [0.5, 0.6) is 0 Å². The average Bonchev–Trinajstić information content (AvgIpc) is 2.74. The Bertz CT molecular complexity index is 674. The highest BCUT2D eigenvalue weighted by atomic mass is 35.5. The highest BCUT2D eigenvalue weighted by Gasteiger charge is 2.10. The highest BCUT2D eigenvalue weighted by Crippen LogP contribution is 2.20. The molecule has 0 spiro atoms. The van der Waals surface area contributed by atoms with E-state index in [0.29, 0.717) is 5.28 Å². The van der Waals surface area contributed by atoms with Crippen LogP contribution in [0.3, 0.4) is 0 Å². The van der Waals surface area contributed by atoms with Crippen molar-refractivity contribution in [1.82, 2.24) is 19.6 Å². The van der Waals surface area contributed by atoms with E-state index in [0.717, 1.165) is 28.8 Å². The molecule has 0 amide bonds. The van der Waals surface area contributed by atoms with Crippen LogP contribution in [-0.4, -0.2) is 19.6 Å². The fraction of sp³-hybridized carbons (Fsp3) is 0.182. The van der Waals surface area contributed by atoms with E-state index in [1.54, 1.807) is 4.52 Å². The maximum absolute atomic E-state index is 6.06. The van der Waals surface area contributed by atoms with E-state index in [2.05, 4.69) is 15.1 Å². The number of aryl methyl sites for hydroxylation is 1. The van der Waals surface area contributed by atoms with Gasteiger partial charge in [0.1, 0.15) is 0 Å². The lowest BCUT2D eigenvalue weighted by Gasteiger charge is -1.99. The van der Waals surface area contributed by atoms with Crippen LogP contribution in [-0.2, 0) is 6.42 Å². The summed E-state index contributed by atoms with van der Waals surface area (Å²) in [4.78, 5) is 8.72. The zero-order chi connectivity index (χ0) is 11.1. The third kappa shape index (κ3) is 1.27. The van der Waals surface area contributed by atoms with E-state index >= 15 is 0 Å². The summed E-state index contributed by atoms with van der Waals surface area (Å²) in [5.41, 5.74) is 1.61. The van der Waals surface area contributed by atoms with Gasteiger partial charge in [0, 0.05) is 11.8 Å². The van der Waals surface area contributed by atoms with Gasteiger partial charge >= 0.3 is 0 Å². The molecule has 0 aliphatic rings. The fourth-order valence-corrected chi connectivity index (χ4v) is 1.92. The molecule has 1 aromatic carbocycles. The molecule has 0 aliphatic heterocycles. The number of fused-ring (bicyclic) bond motifs is 3. The molecule has 4 nitrogen and oxygen atoms in total. The highest BCUT2D eigenvalue weighted by molar-refractivity contribution is 6.29. The second-order valence-corrected chi connectivity index (χ2v) is 3.85. The lowest BCUT2D eigenvalue weighted by molar-refractivity contribution is 0.872. The lowest BCUT2D eigenvalue weighted by Crippen LogP contribution is -1.94. The second-order valence-electron chi connectivity index (χ2n) is 3.51. The number of hydrogen-bond donors (Lipinski definition) is 0. The van der Waals surface area contributed by atoms with Crippen LogP contribution in [0.25, 0.3) is 16.6 Å². The molecule has 0 atom stereocenters. The van der Waals surface area contributed by atoms with E-state index < -0.39 is 0 Å². The number of aromatic nitrogens is 4. The Morgan fingerprint density at radius 2 is 2.06 bits per heavy atom. The number of nitrogens with zero attached hydrogens (tertiary/aromatic N) is 4. The summed E-state index contributed by atoms with van der Waals surface area (Å²) in [5, 5.41) is 5.61. The number of halogens is 1. The van der Waals surface area contributed by atoms with Gasteiger partial charge in [-0.25, -0.2) is 9.97 Å². The predicted molar refractivity (Wildman–Crippen MR) is 62.7 cm³/mol. The van der Waals surface area contributed by atoms with Crippen molar-refractivity contribution in [2.24, 2.45) is 0 Å². The smallest absolute Gasteiger partial charge is 0.218 e. The molecule has 5 heteroatoms. The van der Waals surface area contributed by atoms with Crippen molar-refractivity contribution < 1.29 is 0 Å². The van der Waals surface area contributed by atoms with Crippen LogP contribution in [0.1, 0.15) is 12.7 Å². The molecular weight excluding hydrogens is 224 g/mol. The Hall–Kier alpha value is -1.68. The summed E-state index contributed by atoms with van der Waals surface area (Å²) in [7, 11) is 0. The lowest BCUT2D eigenvalue weighted by atomic mass is 10.2. The standard InChI is InChI=1S/C11H9ClN4/c1-2-9-14-10-7-5-3-4-6-8(7)13-11(12)16(10)15-9/h3-6H,2H2,1H3. The largest absolute Gasteiger partial charge is 0.226 e. The van der Waals surface area contributed by atoms with Crippen molar-refractivity contribution in [1.29, 1.82) is 0 Å². The van der Waals surface area contributed by atoms with Gasteiger partial charge in [-0.15, -0.1) is 5.10 Å². The van der Waals surface area contributed by atoms with E-state index in [1.807, 2.05) is 31.2 Å². The number of benzene rings is 1. The summed E-state index contributed by atoms with van der Waals surface area (Å²) < 4.78 is 1.59. The molecule has 3 aromatic rings. The van der Waals surface area contributed by atoms with E-state index in [9.17, 15) is 0 Å². The molecule has 0 N–H and O–H groups in total. The van der Waals surface area contributed by atoms with Gasteiger partial charge in [0.2, 0.25) is 5.28 Å². The van der Waals surface area contributed by atoms with Gasteiger partial charge in [0.15, 0.2) is 11.5 Å². The normalized spacial score (nSPS) is 11.4. The first kappa shape index (κ1) is 9.54. The Morgan fingerprint density at radius 1 is 1.25 bits per heavy atom. The molecule has 0 saturated carbocycles. The molecule has 0 aliphatic carbocycles. The topological polar surface area (TPSA) is 43.1 Å². The zero-order valence-electron chi connectivity index (χ0n) is 8.68. The van der Waals surface area contributed by atoms with Crippen molar-refractivity contribution >= 4 is 28.2 Å². The third-order valence-electron chi connectivity index (χ3n) is 2.50. The molecule has 3 rings (SSSR count). The van der Waals surface area contributed by atoms with Crippen LogP contribution >= 0.6 is 11.6 Å². The minimum Gasteiger partial charge on any atom is -0.218 e. The van der Waals surface area contributed by atoms with Gasteiger partial charge < -0.3 is 0 Å². The Labute approximate surface area is 96.9 Å². The molecule has 0 radical (unpaired) electrons. The molecule has 0 bridgehead atoms. The minimum absolute atomic E-state index is 0.348. The molecule has 0 fully saturated rings. The molecule has 16 heavy (non-hydrogen) atoms. The van der Waals surface area contributed by atoms with Gasteiger partial charge in [0.05, 0.1) is 5.52 Å². The number of hydrogen-bond acceptors (Lipinski definition) is 3. The van der Waals surface area contributed by atoms with Crippen molar-refractivity contribution in [3.05, 3.63) is 35.4 Å². The SMILES string of the molecule is CCc1nc2c3ccccc3nc(Cl)n2n1. The van der Waals surface area contributed by atoms with Crippen LogP contribution in [0.2, 0.25) is 5.28 Å². The quantitative estimate of drug-likeness (QED) is 0.606. The summed E-state index contributed by atoms with van der Waals surface area (Å²) in [6, 6.07) is 7.78. The average molecular weight is 233 g/mol. The summed E-state index contributed by atoms with van der Waals surface area (Å²) in [6.45, 7) is 2.01. The van der Waals surface area contributed by atoms with Crippen LogP contribution in [0, 0.1) is 0 Å². The van der Waals surface area contributed by atoms with Crippen LogP contribution in [0.4, 0.5) is 0 Å². The van der Waals surface area contributed by atoms with E-state index in [1.165, 1.54) is 0 Å². The van der Waals surface area contributed by atoms with Crippen molar-refractivity contribution in [3.8, 4) is 0 Å². The molecule has 2 heterocycles. The van der Waals surface area contributed by atoms with E-state index in [4.69, 9.17) is 11.6 Å². The van der Waals surface area contributed by atoms with Gasteiger partial charge in [-0.3, -0.25) is 0 Å². The zero-order valence-corrected chi connectivity index (χ0v) is 9.44. The predicted octanol–water partition coefficient (Wildman–Crippen LogP) is 2.49. The van der Waals surface area contributed by atoms with Gasteiger partial charge in [-0.1, -0.05) is 19.1 Å². The minimum atomic E-state index is 0.348. The van der Waals surface area contributed by atoms with Gasteiger partial charge in [-0.05, 0) is 23.7 Å². The first-order valence-corrected chi connectivity index (χ1v) is 5.47. The maximum atomic E-state index is 6.06. The first-order valence-electron chi connectivity index (χ1n) is 5.09. The first-order chi connectivity index (χ1) is 7.79. The Balaban J connectivity index is 2.52. The third-order valence-corrected chi connectivity index (χ3v) is 2.74. The van der Waals surface area contributed by atoms with E-state index in [-0.39, 0.29) is 0 Å². The maximum Gasteiger partial charge on any atom is 0.226 e. The van der Waals surface area contributed by atoms with Gasteiger partial charge in [-0.2, -0.15) is 4.52 Å². The number of para-hydroxylation sites is 1. The summed E-state index contributed by atoms with van der Waals surface area (Å²) in [6.07, 6.45) is 0.784. The molecular formula is C11H9ClN4. The molecule has 80 valence electrons. The van der Waals surface area contributed by atoms with Crippen LogP contribution in [0.15, 0.2) is 24.3 Å². The monoisotopic (exact) mass is 232 g/mol. The number of rotatable bonds is 1. The summed E-state index contributed by atoms with van der Waals surface area (Å²) >= 11 is 6.06. The fourth-order valence-electron chi connectivity index (χ4n) is 1.71. The van der Waals surface area contributed by atoms with Crippen molar-refractivity contribution in [3.63, 3.8) is 0 Å². The second kappa shape index (κ2) is 3.42. The van der Waals surface area contributed by atoms with Crippen molar-refractivity contribution in [2.75, 3.05) is 0 Å². The molecule has 0 unspecified atom stereocenters. The Morgan fingerprint density at radius 3 is 2.88 bits per heavy atom. The summed E-state index contributed by atoms with van der Waals surface area (Å²) in [5.74, 6) is 0.778.